The molecule has 3 nitrogen and oxygen atoms in total. The summed E-state index contributed by atoms with van der Waals surface area (Å²) in [7, 11) is 1.82. The summed E-state index contributed by atoms with van der Waals surface area (Å²) in [6.45, 7) is 4.63. The van der Waals surface area contributed by atoms with Crippen molar-refractivity contribution in [3.8, 4) is 0 Å². The van der Waals surface area contributed by atoms with Crippen molar-refractivity contribution in [3.63, 3.8) is 0 Å². The van der Waals surface area contributed by atoms with Gasteiger partial charge in [0.15, 0.2) is 0 Å². The Kier molecular flexibility index (Phi) is 5.26. The predicted molar refractivity (Wildman–Crippen MR) is 71.0 cm³/mol. The summed E-state index contributed by atoms with van der Waals surface area (Å²) in [6, 6.07) is 0.451. The van der Waals surface area contributed by atoms with Crippen molar-refractivity contribution < 1.29 is 4.74 Å². The van der Waals surface area contributed by atoms with E-state index >= 15 is 0 Å². The highest BCUT2D eigenvalue weighted by Gasteiger charge is 2.26. The van der Waals surface area contributed by atoms with Crippen LogP contribution < -0.4 is 5.73 Å². The fourth-order valence-corrected chi connectivity index (χ4v) is 3.48. The van der Waals surface area contributed by atoms with Crippen LogP contribution in [-0.2, 0) is 4.74 Å². The van der Waals surface area contributed by atoms with Gasteiger partial charge in [-0.25, -0.2) is 0 Å². The molecule has 100 valence electrons. The number of hydrogen-bond acceptors (Lipinski definition) is 3. The van der Waals surface area contributed by atoms with Crippen molar-refractivity contribution in [1.82, 2.24) is 4.90 Å². The highest BCUT2D eigenvalue weighted by atomic mass is 16.5. The Morgan fingerprint density at radius 1 is 1.18 bits per heavy atom. The number of nitrogens with two attached hydrogens (primary N) is 1. The zero-order valence-electron chi connectivity index (χ0n) is 11.2. The summed E-state index contributed by atoms with van der Waals surface area (Å²) in [5.41, 5.74) is 6.24. The van der Waals surface area contributed by atoms with Crippen LogP contribution in [0.25, 0.3) is 0 Å². The molecular formula is C14H28N2O. The molecule has 0 bridgehead atoms. The van der Waals surface area contributed by atoms with E-state index in [1.807, 2.05) is 7.11 Å². The third kappa shape index (κ3) is 3.94. The van der Waals surface area contributed by atoms with Gasteiger partial charge in [0.05, 0.1) is 6.61 Å². The van der Waals surface area contributed by atoms with E-state index in [9.17, 15) is 0 Å². The van der Waals surface area contributed by atoms with Crippen molar-refractivity contribution >= 4 is 0 Å². The minimum absolute atomic E-state index is 0.451. The molecule has 17 heavy (non-hydrogen) atoms. The molecule has 0 aromatic heterocycles. The summed E-state index contributed by atoms with van der Waals surface area (Å²) in [6.07, 6.45) is 7.96. The molecule has 1 saturated carbocycles. The average molecular weight is 240 g/mol. The van der Waals surface area contributed by atoms with Crippen molar-refractivity contribution in [2.24, 2.45) is 17.6 Å². The Morgan fingerprint density at radius 3 is 2.76 bits per heavy atom. The molecule has 2 N–H and O–H groups in total. The molecule has 2 aliphatic rings. The lowest BCUT2D eigenvalue weighted by Crippen LogP contribution is -2.45. The lowest BCUT2D eigenvalue weighted by atomic mass is 9.84. The van der Waals surface area contributed by atoms with Crippen LogP contribution in [0.3, 0.4) is 0 Å². The maximum absolute atomic E-state index is 6.24. The molecule has 1 aliphatic heterocycles. The SMILES string of the molecule is COC[C@@H]1CCCN(C[C@H]2CCCC[C@@H]2N)C1. The quantitative estimate of drug-likeness (QED) is 0.815. The molecule has 1 saturated heterocycles. The van der Waals surface area contributed by atoms with E-state index in [1.54, 1.807) is 0 Å². The zero-order chi connectivity index (χ0) is 12.1. The van der Waals surface area contributed by atoms with E-state index < -0.39 is 0 Å². The van der Waals surface area contributed by atoms with E-state index in [4.69, 9.17) is 10.5 Å². The van der Waals surface area contributed by atoms with E-state index in [-0.39, 0.29) is 0 Å². The van der Waals surface area contributed by atoms with Crippen LogP contribution in [0.1, 0.15) is 38.5 Å². The van der Waals surface area contributed by atoms with Crippen LogP contribution in [0.15, 0.2) is 0 Å². The summed E-state index contributed by atoms with van der Waals surface area (Å²) in [4.78, 5) is 2.63. The monoisotopic (exact) mass is 240 g/mol. The largest absolute Gasteiger partial charge is 0.384 e. The molecular weight excluding hydrogens is 212 g/mol. The first-order valence-electron chi connectivity index (χ1n) is 7.26. The summed E-state index contributed by atoms with van der Waals surface area (Å²) >= 11 is 0. The molecule has 1 aliphatic carbocycles. The third-order valence-corrected chi connectivity index (χ3v) is 4.47. The first kappa shape index (κ1) is 13.3. The van der Waals surface area contributed by atoms with Gasteiger partial charge in [-0.15, -0.1) is 0 Å². The molecule has 0 aromatic rings. The maximum Gasteiger partial charge on any atom is 0.0502 e. The molecule has 0 amide bonds. The van der Waals surface area contributed by atoms with Gasteiger partial charge < -0.3 is 15.4 Å². The van der Waals surface area contributed by atoms with Gasteiger partial charge in [0.25, 0.3) is 0 Å². The van der Waals surface area contributed by atoms with E-state index in [0.717, 1.165) is 18.4 Å². The molecule has 0 spiro atoms. The number of piperidine rings is 1. The van der Waals surface area contributed by atoms with Crippen molar-refractivity contribution in [1.29, 1.82) is 0 Å². The van der Waals surface area contributed by atoms with Gasteiger partial charge in [-0.3, -0.25) is 0 Å². The van der Waals surface area contributed by atoms with E-state index in [2.05, 4.69) is 4.90 Å². The van der Waals surface area contributed by atoms with Crippen LogP contribution in [0, 0.1) is 11.8 Å². The van der Waals surface area contributed by atoms with Gasteiger partial charge in [0, 0.05) is 26.2 Å². The van der Waals surface area contributed by atoms with Crippen molar-refractivity contribution in [2.75, 3.05) is 33.4 Å². The zero-order valence-corrected chi connectivity index (χ0v) is 11.2. The first-order valence-corrected chi connectivity index (χ1v) is 7.26. The Balaban J connectivity index is 1.77. The summed E-state index contributed by atoms with van der Waals surface area (Å²) in [5.74, 6) is 1.48. The van der Waals surface area contributed by atoms with E-state index in [1.165, 1.54) is 58.2 Å². The fraction of sp³-hybridized carbons (Fsp3) is 1.00. The summed E-state index contributed by atoms with van der Waals surface area (Å²) in [5, 5.41) is 0. The second-order valence-corrected chi connectivity index (χ2v) is 5.93. The molecule has 3 atom stereocenters. The number of methoxy groups -OCH3 is 1. The second-order valence-electron chi connectivity index (χ2n) is 5.93. The Hall–Kier alpha value is -0.120. The van der Waals surface area contributed by atoms with Crippen LogP contribution in [0.5, 0.6) is 0 Å². The topological polar surface area (TPSA) is 38.5 Å². The lowest BCUT2D eigenvalue weighted by Gasteiger charge is -2.37. The van der Waals surface area contributed by atoms with Gasteiger partial charge in [-0.05, 0) is 44.1 Å². The minimum atomic E-state index is 0.451. The summed E-state index contributed by atoms with van der Waals surface area (Å²) < 4.78 is 5.29. The Morgan fingerprint density at radius 2 is 2.00 bits per heavy atom. The highest BCUT2D eigenvalue weighted by Crippen LogP contribution is 2.26. The van der Waals surface area contributed by atoms with Gasteiger partial charge in [-0.2, -0.15) is 0 Å². The number of likely N-dealkylation sites (tertiary alicyclic amines) is 1. The van der Waals surface area contributed by atoms with Gasteiger partial charge in [0.2, 0.25) is 0 Å². The van der Waals surface area contributed by atoms with Gasteiger partial charge in [-0.1, -0.05) is 12.8 Å². The number of ether oxygens (including phenoxy) is 1. The predicted octanol–water partition coefficient (Wildman–Crippen LogP) is 1.86. The molecule has 0 aromatic carbocycles. The molecule has 3 heteroatoms. The first-order chi connectivity index (χ1) is 8.29. The average Bonchev–Trinajstić information content (AvgIpc) is 2.33. The second kappa shape index (κ2) is 6.72. The highest BCUT2D eigenvalue weighted by molar-refractivity contribution is 4.82. The van der Waals surface area contributed by atoms with Crippen molar-refractivity contribution in [3.05, 3.63) is 0 Å². The fourth-order valence-electron chi connectivity index (χ4n) is 3.48. The smallest absolute Gasteiger partial charge is 0.0502 e. The van der Waals surface area contributed by atoms with Crippen LogP contribution in [0.4, 0.5) is 0 Å². The van der Waals surface area contributed by atoms with E-state index in [0.29, 0.717) is 6.04 Å². The number of rotatable bonds is 4. The Bertz CT molecular complexity index is 220. The minimum Gasteiger partial charge on any atom is -0.384 e. The number of hydrogen-bond donors (Lipinski definition) is 1. The molecule has 2 rings (SSSR count). The maximum atomic E-state index is 6.24. The molecule has 0 radical (unpaired) electrons. The number of nitrogens with zero attached hydrogens (tertiary/aromatic N) is 1. The van der Waals surface area contributed by atoms with Gasteiger partial charge >= 0.3 is 0 Å². The lowest BCUT2D eigenvalue weighted by molar-refractivity contribution is 0.0758. The third-order valence-electron chi connectivity index (χ3n) is 4.47. The van der Waals surface area contributed by atoms with Crippen LogP contribution in [0.2, 0.25) is 0 Å². The van der Waals surface area contributed by atoms with Crippen molar-refractivity contribution in [2.45, 2.75) is 44.6 Å². The normalized spacial score (nSPS) is 36.0. The van der Waals surface area contributed by atoms with Gasteiger partial charge in [0.1, 0.15) is 0 Å². The molecule has 2 fully saturated rings. The molecule has 0 unspecified atom stereocenters. The standard InChI is InChI=1S/C14H28N2O/c1-17-11-12-5-4-8-16(9-12)10-13-6-2-3-7-14(13)15/h12-14H,2-11,15H2,1H3/t12-,13-,14+/m1/s1. The Labute approximate surface area is 106 Å². The molecule has 1 heterocycles. The van der Waals surface area contributed by atoms with Crippen LogP contribution >= 0.6 is 0 Å². The van der Waals surface area contributed by atoms with Crippen LogP contribution in [-0.4, -0.2) is 44.3 Å².